The van der Waals surface area contributed by atoms with E-state index in [1.54, 1.807) is 6.20 Å². The molecule has 1 aromatic heterocycles. The lowest BCUT2D eigenvalue weighted by atomic mass is 9.89. The molecule has 0 aliphatic heterocycles. The number of aromatic nitrogens is 1. The first-order valence-electron chi connectivity index (χ1n) is 12.3. The number of rotatable bonds is 6. The van der Waals surface area contributed by atoms with E-state index in [0.717, 1.165) is 41.4 Å². The third-order valence-corrected chi connectivity index (χ3v) is 7.14. The highest BCUT2D eigenvalue weighted by molar-refractivity contribution is 5.79. The number of nitrogens with one attached hydrogen (secondary N) is 2. The number of aliphatic hydroxyl groups excluding tert-OH is 1. The topological polar surface area (TPSA) is 57.2 Å². The number of aliphatic hydroxyl groups is 1. The van der Waals surface area contributed by atoms with Crippen molar-refractivity contribution in [1.29, 1.82) is 0 Å². The van der Waals surface area contributed by atoms with Gasteiger partial charge in [0.2, 0.25) is 0 Å². The lowest BCUT2D eigenvalue weighted by Crippen LogP contribution is -2.18. The molecule has 0 radical (unpaired) electrons. The smallest absolute Gasteiger partial charge is 0.392 e. The lowest BCUT2D eigenvalue weighted by Gasteiger charge is -2.23. The van der Waals surface area contributed by atoms with Crippen molar-refractivity contribution in [3.63, 3.8) is 0 Å². The van der Waals surface area contributed by atoms with E-state index >= 15 is 0 Å². The van der Waals surface area contributed by atoms with Crippen LogP contribution < -0.4 is 10.6 Å². The van der Waals surface area contributed by atoms with Gasteiger partial charge in [0.05, 0.1) is 17.4 Å². The van der Waals surface area contributed by atoms with Crippen molar-refractivity contribution in [1.82, 2.24) is 4.98 Å². The van der Waals surface area contributed by atoms with Crippen molar-refractivity contribution in [2.75, 3.05) is 17.2 Å². The zero-order valence-electron chi connectivity index (χ0n) is 19.5. The average molecular weight is 482 g/mol. The molecule has 1 heterocycles. The van der Waals surface area contributed by atoms with Crippen LogP contribution in [0.2, 0.25) is 0 Å². The van der Waals surface area contributed by atoms with E-state index < -0.39 is 11.7 Å². The van der Waals surface area contributed by atoms with Gasteiger partial charge in [-0.05, 0) is 66.6 Å². The van der Waals surface area contributed by atoms with Gasteiger partial charge >= 0.3 is 6.18 Å². The molecule has 7 heteroatoms. The molecular formula is C28H30F3N3O. The summed E-state index contributed by atoms with van der Waals surface area (Å²) in [4.78, 5) is 4.48. The average Bonchev–Trinajstić information content (AvgIpc) is 3.24. The van der Waals surface area contributed by atoms with Gasteiger partial charge in [-0.25, -0.2) is 0 Å². The van der Waals surface area contributed by atoms with E-state index in [1.165, 1.54) is 31.4 Å². The summed E-state index contributed by atoms with van der Waals surface area (Å²) < 4.78 is 40.4. The number of pyridine rings is 1. The fraction of sp³-hybridized carbons (Fsp3) is 0.393. The van der Waals surface area contributed by atoms with E-state index in [2.05, 4.69) is 15.6 Å². The van der Waals surface area contributed by atoms with Crippen molar-refractivity contribution in [3.05, 3.63) is 71.4 Å². The Morgan fingerprint density at radius 3 is 2.57 bits per heavy atom. The Morgan fingerprint density at radius 2 is 1.77 bits per heavy atom. The second kappa shape index (κ2) is 9.90. The van der Waals surface area contributed by atoms with Crippen LogP contribution in [0.1, 0.15) is 48.8 Å². The van der Waals surface area contributed by atoms with Gasteiger partial charge in [0, 0.05) is 41.8 Å². The molecule has 1 fully saturated rings. The first-order valence-corrected chi connectivity index (χ1v) is 12.3. The number of fused-ring (bicyclic) bond motifs is 1. The highest BCUT2D eigenvalue weighted by Gasteiger charge is 2.31. The van der Waals surface area contributed by atoms with Crippen LogP contribution in [0.25, 0.3) is 11.3 Å². The van der Waals surface area contributed by atoms with Crippen molar-refractivity contribution < 1.29 is 18.3 Å². The zero-order chi connectivity index (χ0) is 24.4. The van der Waals surface area contributed by atoms with E-state index in [-0.39, 0.29) is 6.10 Å². The molecule has 184 valence electrons. The number of hydrogen-bond acceptors (Lipinski definition) is 4. The molecule has 3 aromatic rings. The standard InChI is InChI=1S/C28H30F3N3O/c29-28(30,31)20-9-10-23(26(14-20)33-17-18-5-2-1-3-6-18)27-15-21(11-12-32-27)34-25-8-4-7-19-13-22(35)16-24(19)25/h4,7-12,14-15,18,22,33,35H,1-3,5-6,13,16-17H2,(H,32,34). The molecule has 5 rings (SSSR count). The quantitative estimate of drug-likeness (QED) is 0.356. The summed E-state index contributed by atoms with van der Waals surface area (Å²) in [6.45, 7) is 0.657. The number of nitrogens with zero attached hydrogens (tertiary/aromatic N) is 1. The molecule has 1 saturated carbocycles. The predicted molar refractivity (Wildman–Crippen MR) is 133 cm³/mol. The third kappa shape index (κ3) is 5.45. The SMILES string of the molecule is OC1Cc2cccc(Nc3ccnc(-c4ccc(C(F)(F)F)cc4NCC4CCCCC4)c3)c2C1. The Kier molecular flexibility index (Phi) is 6.69. The largest absolute Gasteiger partial charge is 0.416 e. The molecule has 1 atom stereocenters. The van der Waals surface area contributed by atoms with E-state index in [0.29, 0.717) is 42.2 Å². The maximum Gasteiger partial charge on any atom is 0.416 e. The van der Waals surface area contributed by atoms with Crippen LogP contribution in [0.5, 0.6) is 0 Å². The van der Waals surface area contributed by atoms with Crippen LogP contribution in [0, 0.1) is 5.92 Å². The minimum Gasteiger partial charge on any atom is -0.392 e. The zero-order valence-corrected chi connectivity index (χ0v) is 19.5. The lowest BCUT2D eigenvalue weighted by molar-refractivity contribution is -0.137. The van der Waals surface area contributed by atoms with Gasteiger partial charge in [0.1, 0.15) is 0 Å². The third-order valence-electron chi connectivity index (χ3n) is 7.14. The van der Waals surface area contributed by atoms with Gasteiger partial charge in [-0.15, -0.1) is 0 Å². The maximum atomic E-state index is 13.5. The summed E-state index contributed by atoms with van der Waals surface area (Å²) in [7, 11) is 0. The minimum atomic E-state index is -4.41. The Hall–Kier alpha value is -3.06. The second-order valence-electron chi connectivity index (χ2n) is 9.70. The number of alkyl halides is 3. The summed E-state index contributed by atoms with van der Waals surface area (Å²) in [5.74, 6) is 0.475. The molecule has 0 amide bonds. The first-order chi connectivity index (χ1) is 16.9. The van der Waals surface area contributed by atoms with Gasteiger partial charge in [-0.3, -0.25) is 4.98 Å². The van der Waals surface area contributed by atoms with E-state index in [4.69, 9.17) is 0 Å². The molecule has 0 saturated heterocycles. The monoisotopic (exact) mass is 481 g/mol. The number of anilines is 3. The Labute approximate surface area is 203 Å². The van der Waals surface area contributed by atoms with Crippen molar-refractivity contribution in [3.8, 4) is 11.3 Å². The van der Waals surface area contributed by atoms with Crippen LogP contribution in [0.3, 0.4) is 0 Å². The fourth-order valence-corrected chi connectivity index (χ4v) is 5.29. The van der Waals surface area contributed by atoms with Gasteiger partial charge < -0.3 is 15.7 Å². The van der Waals surface area contributed by atoms with Crippen LogP contribution in [-0.4, -0.2) is 22.7 Å². The van der Waals surface area contributed by atoms with Gasteiger partial charge in [0.15, 0.2) is 0 Å². The second-order valence-corrected chi connectivity index (χ2v) is 9.70. The van der Waals surface area contributed by atoms with Crippen LogP contribution in [0.15, 0.2) is 54.7 Å². The summed E-state index contributed by atoms with van der Waals surface area (Å²) in [5.41, 5.74) is 4.99. The summed E-state index contributed by atoms with van der Waals surface area (Å²) in [6.07, 6.45) is 3.94. The minimum absolute atomic E-state index is 0.370. The predicted octanol–water partition coefficient (Wildman–Crippen LogP) is 6.96. The van der Waals surface area contributed by atoms with Crippen molar-refractivity contribution in [2.24, 2.45) is 5.92 Å². The van der Waals surface area contributed by atoms with Gasteiger partial charge in [0.25, 0.3) is 0 Å². The first kappa shape index (κ1) is 23.7. The molecule has 0 spiro atoms. The molecular weight excluding hydrogens is 451 g/mol. The van der Waals surface area contributed by atoms with E-state index in [9.17, 15) is 18.3 Å². The maximum absolute atomic E-state index is 13.5. The summed E-state index contributed by atoms with van der Waals surface area (Å²) in [5, 5.41) is 16.8. The highest BCUT2D eigenvalue weighted by Crippen LogP contribution is 2.37. The van der Waals surface area contributed by atoms with Crippen molar-refractivity contribution in [2.45, 2.75) is 57.2 Å². The van der Waals surface area contributed by atoms with Crippen LogP contribution >= 0.6 is 0 Å². The number of hydrogen-bond donors (Lipinski definition) is 3. The van der Waals surface area contributed by atoms with E-state index in [1.807, 2.05) is 30.3 Å². The summed E-state index contributed by atoms with van der Waals surface area (Å²) in [6, 6.07) is 13.5. The number of benzene rings is 2. The highest BCUT2D eigenvalue weighted by atomic mass is 19.4. The molecule has 3 N–H and O–H groups in total. The molecule has 1 unspecified atom stereocenters. The number of halogens is 3. The normalized spacial score (nSPS) is 18.3. The molecule has 0 bridgehead atoms. The molecule has 35 heavy (non-hydrogen) atoms. The summed E-state index contributed by atoms with van der Waals surface area (Å²) >= 11 is 0. The molecule has 4 nitrogen and oxygen atoms in total. The molecule has 2 aromatic carbocycles. The molecule has 2 aliphatic rings. The van der Waals surface area contributed by atoms with Gasteiger partial charge in [-0.2, -0.15) is 13.2 Å². The Bertz CT molecular complexity index is 1190. The fourth-order valence-electron chi connectivity index (χ4n) is 5.29. The Morgan fingerprint density at radius 1 is 0.943 bits per heavy atom. The molecule has 2 aliphatic carbocycles. The van der Waals surface area contributed by atoms with Crippen LogP contribution in [0.4, 0.5) is 30.2 Å². The van der Waals surface area contributed by atoms with Crippen LogP contribution in [-0.2, 0) is 19.0 Å². The Balaban J connectivity index is 1.43. The van der Waals surface area contributed by atoms with Gasteiger partial charge in [-0.1, -0.05) is 37.5 Å². The van der Waals surface area contributed by atoms with Crippen molar-refractivity contribution >= 4 is 17.1 Å².